The number of aryl methyl sites for hydroxylation is 1. The van der Waals surface area contributed by atoms with Gasteiger partial charge in [-0.15, -0.1) is 0 Å². The smallest absolute Gasteiger partial charge is 0.153 e. The van der Waals surface area contributed by atoms with E-state index in [-0.39, 0.29) is 5.92 Å². The Balaban J connectivity index is 2.97. The minimum absolute atomic E-state index is 0.283. The molecule has 1 heterocycles. The highest BCUT2D eigenvalue weighted by molar-refractivity contribution is 5.76. The highest BCUT2D eigenvalue weighted by Gasteiger charge is 2.12. The first kappa shape index (κ1) is 10.0. The number of hydrogen-bond donors (Lipinski definition) is 0. The second-order valence-electron chi connectivity index (χ2n) is 3.55. The van der Waals surface area contributed by atoms with Crippen LogP contribution in [0, 0.1) is 0 Å². The van der Waals surface area contributed by atoms with Crippen LogP contribution in [0.3, 0.4) is 0 Å². The number of rotatable bonds is 4. The van der Waals surface area contributed by atoms with Gasteiger partial charge in [0.25, 0.3) is 0 Å². The molecule has 0 aromatic carbocycles. The van der Waals surface area contributed by atoms with E-state index in [1.165, 1.54) is 0 Å². The first-order valence-corrected chi connectivity index (χ1v) is 4.76. The van der Waals surface area contributed by atoms with Gasteiger partial charge in [-0.1, -0.05) is 20.8 Å². The fourth-order valence-corrected chi connectivity index (χ4v) is 1.39. The maximum atomic E-state index is 10.7. The zero-order valence-corrected chi connectivity index (χ0v) is 8.46. The second-order valence-corrected chi connectivity index (χ2v) is 3.55. The van der Waals surface area contributed by atoms with Gasteiger partial charge in [-0.2, -0.15) is 0 Å². The second kappa shape index (κ2) is 4.26. The van der Waals surface area contributed by atoms with E-state index in [2.05, 4.69) is 6.92 Å². The number of carbonyl (C=O) groups excluding carboxylic acids is 1. The van der Waals surface area contributed by atoms with Gasteiger partial charge in [0.1, 0.15) is 11.5 Å². The Morgan fingerprint density at radius 3 is 2.62 bits per heavy atom. The van der Waals surface area contributed by atoms with Gasteiger partial charge < -0.3 is 4.42 Å². The SMILES string of the molecule is CCCc1cc(C=O)c(C(C)C)o1. The van der Waals surface area contributed by atoms with Crippen LogP contribution in [0.25, 0.3) is 0 Å². The summed E-state index contributed by atoms with van der Waals surface area (Å²) in [7, 11) is 0. The van der Waals surface area contributed by atoms with Crippen molar-refractivity contribution in [3.8, 4) is 0 Å². The Bertz CT molecular complexity index is 284. The van der Waals surface area contributed by atoms with E-state index < -0.39 is 0 Å². The fraction of sp³-hybridized carbons (Fsp3) is 0.545. The van der Waals surface area contributed by atoms with Gasteiger partial charge in [0, 0.05) is 12.3 Å². The molecule has 0 radical (unpaired) electrons. The van der Waals surface area contributed by atoms with E-state index in [9.17, 15) is 4.79 Å². The van der Waals surface area contributed by atoms with Crippen molar-refractivity contribution in [2.75, 3.05) is 0 Å². The molecule has 0 aliphatic rings. The molecule has 0 saturated heterocycles. The summed E-state index contributed by atoms with van der Waals surface area (Å²) >= 11 is 0. The van der Waals surface area contributed by atoms with Crippen LogP contribution in [-0.2, 0) is 6.42 Å². The maximum absolute atomic E-state index is 10.7. The van der Waals surface area contributed by atoms with Gasteiger partial charge in [-0.05, 0) is 12.5 Å². The van der Waals surface area contributed by atoms with Gasteiger partial charge in [0.2, 0.25) is 0 Å². The molecule has 0 bridgehead atoms. The monoisotopic (exact) mass is 180 g/mol. The van der Waals surface area contributed by atoms with Crippen molar-refractivity contribution in [1.82, 2.24) is 0 Å². The lowest BCUT2D eigenvalue weighted by atomic mass is 10.1. The number of furan rings is 1. The summed E-state index contributed by atoms with van der Waals surface area (Å²) in [6.07, 6.45) is 2.83. The molecule has 0 aliphatic heterocycles. The van der Waals surface area contributed by atoms with E-state index in [1.807, 2.05) is 19.9 Å². The quantitative estimate of drug-likeness (QED) is 0.666. The van der Waals surface area contributed by atoms with Crippen molar-refractivity contribution < 1.29 is 9.21 Å². The van der Waals surface area contributed by atoms with Crippen molar-refractivity contribution >= 4 is 6.29 Å². The minimum atomic E-state index is 0.283. The summed E-state index contributed by atoms with van der Waals surface area (Å²) in [5, 5.41) is 0. The lowest BCUT2D eigenvalue weighted by molar-refractivity contribution is 0.112. The van der Waals surface area contributed by atoms with E-state index in [4.69, 9.17) is 4.42 Å². The van der Waals surface area contributed by atoms with Crippen molar-refractivity contribution in [3.05, 3.63) is 23.2 Å². The summed E-state index contributed by atoms with van der Waals surface area (Å²) in [5.41, 5.74) is 0.707. The molecule has 0 atom stereocenters. The van der Waals surface area contributed by atoms with Gasteiger partial charge in [-0.3, -0.25) is 4.79 Å². The normalized spacial score (nSPS) is 10.8. The van der Waals surface area contributed by atoms with Gasteiger partial charge in [0.05, 0.1) is 5.56 Å². The van der Waals surface area contributed by atoms with E-state index in [0.29, 0.717) is 5.56 Å². The molecule has 2 heteroatoms. The fourth-order valence-electron chi connectivity index (χ4n) is 1.39. The number of hydrogen-bond acceptors (Lipinski definition) is 2. The van der Waals surface area contributed by atoms with Crippen LogP contribution in [-0.4, -0.2) is 6.29 Å². The molecule has 0 unspecified atom stereocenters. The standard InChI is InChI=1S/C11H16O2/c1-4-5-10-6-9(7-12)11(13-10)8(2)3/h6-8H,4-5H2,1-3H3. The van der Waals surface area contributed by atoms with Gasteiger partial charge >= 0.3 is 0 Å². The molecular weight excluding hydrogens is 164 g/mol. The average Bonchev–Trinajstić information content (AvgIpc) is 2.48. The van der Waals surface area contributed by atoms with Crippen LogP contribution >= 0.6 is 0 Å². The number of carbonyl (C=O) groups is 1. The average molecular weight is 180 g/mol. The van der Waals surface area contributed by atoms with Crippen LogP contribution in [0.5, 0.6) is 0 Å². The molecule has 0 spiro atoms. The maximum Gasteiger partial charge on any atom is 0.153 e. The largest absolute Gasteiger partial charge is 0.465 e. The predicted molar refractivity (Wildman–Crippen MR) is 52.2 cm³/mol. The highest BCUT2D eigenvalue weighted by atomic mass is 16.3. The molecular formula is C11H16O2. The predicted octanol–water partition coefficient (Wildman–Crippen LogP) is 3.17. The van der Waals surface area contributed by atoms with Crippen molar-refractivity contribution in [3.63, 3.8) is 0 Å². The Morgan fingerprint density at radius 2 is 2.23 bits per heavy atom. The topological polar surface area (TPSA) is 30.2 Å². The molecule has 1 aromatic heterocycles. The van der Waals surface area contributed by atoms with Crippen LogP contribution in [0.15, 0.2) is 10.5 Å². The van der Waals surface area contributed by atoms with Crippen molar-refractivity contribution in [1.29, 1.82) is 0 Å². The van der Waals surface area contributed by atoms with Gasteiger partial charge in [-0.25, -0.2) is 0 Å². The summed E-state index contributed by atoms with van der Waals surface area (Å²) in [6, 6.07) is 1.85. The van der Waals surface area contributed by atoms with E-state index in [1.54, 1.807) is 0 Å². The Morgan fingerprint density at radius 1 is 1.54 bits per heavy atom. The molecule has 0 saturated carbocycles. The van der Waals surface area contributed by atoms with Crippen molar-refractivity contribution in [2.45, 2.75) is 39.5 Å². The highest BCUT2D eigenvalue weighted by Crippen LogP contribution is 2.22. The van der Waals surface area contributed by atoms with Crippen LogP contribution < -0.4 is 0 Å². The summed E-state index contributed by atoms with van der Waals surface area (Å²) in [6.45, 7) is 6.15. The lowest BCUT2D eigenvalue weighted by Gasteiger charge is -1.99. The first-order chi connectivity index (χ1) is 6.19. The van der Waals surface area contributed by atoms with Gasteiger partial charge in [0.15, 0.2) is 6.29 Å². The Labute approximate surface area is 78.9 Å². The minimum Gasteiger partial charge on any atom is -0.465 e. The summed E-state index contributed by atoms with van der Waals surface area (Å²) in [5.74, 6) is 2.03. The first-order valence-electron chi connectivity index (χ1n) is 4.76. The summed E-state index contributed by atoms with van der Waals surface area (Å²) in [4.78, 5) is 10.7. The van der Waals surface area contributed by atoms with E-state index in [0.717, 1.165) is 30.6 Å². The third kappa shape index (κ3) is 2.20. The summed E-state index contributed by atoms with van der Waals surface area (Å²) < 4.78 is 5.58. The molecule has 2 nitrogen and oxygen atoms in total. The zero-order valence-electron chi connectivity index (χ0n) is 8.46. The molecule has 0 aliphatic carbocycles. The molecule has 72 valence electrons. The third-order valence-corrected chi connectivity index (χ3v) is 1.99. The van der Waals surface area contributed by atoms with Crippen LogP contribution in [0.1, 0.15) is 55.0 Å². The Hall–Kier alpha value is -1.05. The lowest BCUT2D eigenvalue weighted by Crippen LogP contribution is -1.88. The molecule has 1 aromatic rings. The molecule has 0 fully saturated rings. The van der Waals surface area contributed by atoms with Crippen LogP contribution in [0.2, 0.25) is 0 Å². The molecule has 0 amide bonds. The molecule has 13 heavy (non-hydrogen) atoms. The number of aldehydes is 1. The Kier molecular flexibility index (Phi) is 3.29. The van der Waals surface area contributed by atoms with E-state index >= 15 is 0 Å². The zero-order chi connectivity index (χ0) is 9.84. The molecule has 1 rings (SSSR count). The van der Waals surface area contributed by atoms with Crippen molar-refractivity contribution in [2.24, 2.45) is 0 Å². The van der Waals surface area contributed by atoms with Crippen LogP contribution in [0.4, 0.5) is 0 Å². The molecule has 0 N–H and O–H groups in total. The third-order valence-electron chi connectivity index (χ3n) is 1.99.